The lowest BCUT2D eigenvalue weighted by atomic mass is 10.0. The van der Waals surface area contributed by atoms with E-state index in [1.807, 2.05) is 32.9 Å². The molecule has 158 valence electrons. The molecule has 2 heterocycles. The van der Waals surface area contributed by atoms with E-state index in [1.54, 1.807) is 31.4 Å². The largest absolute Gasteiger partial charge is 0.497 e. The molecule has 8 heteroatoms. The topological polar surface area (TPSA) is 86.1 Å². The van der Waals surface area contributed by atoms with Crippen LogP contribution in [0, 0.1) is 20.8 Å². The quantitative estimate of drug-likeness (QED) is 0.511. The zero-order valence-corrected chi connectivity index (χ0v) is 18.5. The number of anilines is 1. The SMILES string of the molecule is COc1ccc(NC(=O)Cn2nc(-c3ccc(C)cc3C)c3sc(C)nc3c2=O)cc1. The molecule has 2 aromatic heterocycles. The Balaban J connectivity index is 1.73. The van der Waals surface area contributed by atoms with Crippen LogP contribution in [0.2, 0.25) is 0 Å². The summed E-state index contributed by atoms with van der Waals surface area (Å²) in [6.07, 6.45) is 0. The number of thiazole rings is 1. The molecule has 0 aliphatic rings. The van der Waals surface area contributed by atoms with Crippen LogP contribution in [0.4, 0.5) is 5.69 Å². The van der Waals surface area contributed by atoms with Gasteiger partial charge >= 0.3 is 0 Å². The summed E-state index contributed by atoms with van der Waals surface area (Å²) in [7, 11) is 1.58. The molecule has 1 N–H and O–H groups in total. The molecule has 0 aliphatic heterocycles. The molecule has 0 spiro atoms. The zero-order chi connectivity index (χ0) is 22.1. The number of amides is 1. The summed E-state index contributed by atoms with van der Waals surface area (Å²) in [6, 6.07) is 13.1. The first kappa shape index (κ1) is 20.7. The second kappa shape index (κ2) is 8.31. The molecule has 7 nitrogen and oxygen atoms in total. The highest BCUT2D eigenvalue weighted by Crippen LogP contribution is 2.31. The van der Waals surface area contributed by atoms with Gasteiger partial charge in [0.2, 0.25) is 5.91 Å². The molecular formula is C23H22N4O3S. The predicted molar refractivity (Wildman–Crippen MR) is 123 cm³/mol. The minimum Gasteiger partial charge on any atom is -0.497 e. The molecule has 0 radical (unpaired) electrons. The van der Waals surface area contributed by atoms with Gasteiger partial charge in [0, 0.05) is 11.3 Å². The maximum atomic E-state index is 13.0. The van der Waals surface area contributed by atoms with Gasteiger partial charge in [-0.05, 0) is 50.6 Å². The first-order valence-corrected chi connectivity index (χ1v) is 10.6. The van der Waals surface area contributed by atoms with Crippen LogP contribution in [-0.4, -0.2) is 27.8 Å². The molecule has 2 aromatic carbocycles. The third-order valence-electron chi connectivity index (χ3n) is 4.91. The number of nitrogens with one attached hydrogen (secondary N) is 1. The summed E-state index contributed by atoms with van der Waals surface area (Å²) in [6.45, 7) is 5.68. The standard InChI is InChI=1S/C23H22N4O3S/c1-13-5-10-18(14(2)11-13)20-22-21(24-15(3)31-22)23(29)27(26-20)12-19(28)25-16-6-8-17(30-4)9-7-16/h5-11H,12H2,1-4H3,(H,25,28). The number of ether oxygens (including phenoxy) is 1. The molecule has 0 fully saturated rings. The Bertz CT molecular complexity index is 1340. The fourth-order valence-corrected chi connectivity index (χ4v) is 4.35. The Hall–Kier alpha value is -3.52. The number of carbonyl (C=O) groups excluding carboxylic acids is 1. The van der Waals surface area contributed by atoms with Crippen LogP contribution in [0.1, 0.15) is 16.1 Å². The summed E-state index contributed by atoms with van der Waals surface area (Å²) in [4.78, 5) is 30.0. The molecule has 0 bridgehead atoms. The van der Waals surface area contributed by atoms with Gasteiger partial charge in [0.1, 0.15) is 18.0 Å². The van der Waals surface area contributed by atoms with E-state index in [9.17, 15) is 9.59 Å². The number of carbonyl (C=O) groups is 1. The minimum absolute atomic E-state index is 0.213. The molecule has 0 unspecified atom stereocenters. The number of nitrogens with zero attached hydrogens (tertiary/aromatic N) is 3. The lowest BCUT2D eigenvalue weighted by molar-refractivity contribution is -0.117. The third kappa shape index (κ3) is 4.20. The average molecular weight is 435 g/mol. The van der Waals surface area contributed by atoms with Gasteiger partial charge in [-0.25, -0.2) is 9.67 Å². The minimum atomic E-state index is -0.377. The monoisotopic (exact) mass is 434 g/mol. The van der Waals surface area contributed by atoms with Crippen molar-refractivity contribution < 1.29 is 9.53 Å². The zero-order valence-electron chi connectivity index (χ0n) is 17.7. The van der Waals surface area contributed by atoms with Crippen molar-refractivity contribution in [2.45, 2.75) is 27.3 Å². The second-order valence-corrected chi connectivity index (χ2v) is 8.52. The van der Waals surface area contributed by atoms with E-state index >= 15 is 0 Å². The van der Waals surface area contributed by atoms with E-state index in [-0.39, 0.29) is 18.0 Å². The smallest absolute Gasteiger partial charge is 0.294 e. The van der Waals surface area contributed by atoms with E-state index in [2.05, 4.69) is 21.5 Å². The van der Waals surface area contributed by atoms with Crippen molar-refractivity contribution in [1.29, 1.82) is 0 Å². The van der Waals surface area contributed by atoms with Gasteiger partial charge in [0.05, 0.1) is 16.8 Å². The lowest BCUT2D eigenvalue weighted by Crippen LogP contribution is -2.30. The third-order valence-corrected chi connectivity index (χ3v) is 5.89. The van der Waals surface area contributed by atoms with Crippen molar-refractivity contribution in [2.75, 3.05) is 12.4 Å². The summed E-state index contributed by atoms with van der Waals surface area (Å²) in [5.74, 6) is 0.344. The number of fused-ring (bicyclic) bond motifs is 1. The van der Waals surface area contributed by atoms with Crippen molar-refractivity contribution in [1.82, 2.24) is 14.8 Å². The average Bonchev–Trinajstić information content (AvgIpc) is 3.13. The fraction of sp³-hybridized carbons (Fsp3) is 0.217. The second-order valence-electron chi connectivity index (χ2n) is 7.32. The van der Waals surface area contributed by atoms with Gasteiger partial charge < -0.3 is 10.1 Å². The summed E-state index contributed by atoms with van der Waals surface area (Å²) in [5, 5.41) is 8.14. The van der Waals surface area contributed by atoms with Crippen molar-refractivity contribution >= 4 is 33.1 Å². The Labute approximate surface area is 183 Å². The van der Waals surface area contributed by atoms with Gasteiger partial charge in [-0.1, -0.05) is 23.8 Å². The van der Waals surface area contributed by atoms with Gasteiger partial charge in [0.15, 0.2) is 5.52 Å². The van der Waals surface area contributed by atoms with Crippen molar-refractivity contribution in [3.8, 4) is 17.0 Å². The molecule has 4 rings (SSSR count). The Morgan fingerprint density at radius 1 is 1.13 bits per heavy atom. The number of hydrogen-bond acceptors (Lipinski definition) is 6. The van der Waals surface area contributed by atoms with Gasteiger partial charge in [0.25, 0.3) is 5.56 Å². The maximum Gasteiger partial charge on any atom is 0.294 e. The molecule has 0 atom stereocenters. The van der Waals surface area contributed by atoms with Crippen molar-refractivity contribution in [2.24, 2.45) is 0 Å². The van der Waals surface area contributed by atoms with Gasteiger partial charge in [-0.3, -0.25) is 9.59 Å². The molecule has 0 aliphatic carbocycles. The van der Waals surface area contributed by atoms with E-state index in [1.165, 1.54) is 16.0 Å². The van der Waals surface area contributed by atoms with Gasteiger partial charge in [-0.2, -0.15) is 5.10 Å². The number of benzene rings is 2. The van der Waals surface area contributed by atoms with Crippen molar-refractivity contribution in [3.05, 3.63) is 69.0 Å². The van der Waals surface area contributed by atoms with E-state index < -0.39 is 0 Å². The van der Waals surface area contributed by atoms with Crippen LogP contribution in [0.3, 0.4) is 0 Å². The maximum absolute atomic E-state index is 13.0. The molecule has 0 saturated heterocycles. The number of rotatable bonds is 5. The number of hydrogen-bond donors (Lipinski definition) is 1. The number of aromatic nitrogens is 3. The highest BCUT2D eigenvalue weighted by molar-refractivity contribution is 7.19. The highest BCUT2D eigenvalue weighted by Gasteiger charge is 2.19. The van der Waals surface area contributed by atoms with Gasteiger partial charge in [-0.15, -0.1) is 11.3 Å². The molecular weight excluding hydrogens is 412 g/mol. The van der Waals surface area contributed by atoms with Crippen LogP contribution in [-0.2, 0) is 11.3 Å². The summed E-state index contributed by atoms with van der Waals surface area (Å²) < 4.78 is 7.05. The first-order chi connectivity index (χ1) is 14.9. The Morgan fingerprint density at radius 2 is 1.87 bits per heavy atom. The van der Waals surface area contributed by atoms with Crippen LogP contribution in [0.5, 0.6) is 5.75 Å². The van der Waals surface area contributed by atoms with Crippen LogP contribution in [0.25, 0.3) is 21.5 Å². The van der Waals surface area contributed by atoms with E-state index in [0.29, 0.717) is 22.6 Å². The number of methoxy groups -OCH3 is 1. The summed E-state index contributed by atoms with van der Waals surface area (Å²) >= 11 is 1.43. The highest BCUT2D eigenvalue weighted by atomic mass is 32.1. The van der Waals surface area contributed by atoms with Crippen LogP contribution in [0.15, 0.2) is 47.3 Å². The van der Waals surface area contributed by atoms with E-state index in [4.69, 9.17) is 4.74 Å². The lowest BCUT2D eigenvalue weighted by Gasteiger charge is -2.11. The predicted octanol–water partition coefficient (Wildman–Crippen LogP) is 4.09. The first-order valence-electron chi connectivity index (χ1n) is 9.75. The van der Waals surface area contributed by atoms with E-state index in [0.717, 1.165) is 26.4 Å². The Morgan fingerprint density at radius 3 is 2.55 bits per heavy atom. The molecule has 4 aromatic rings. The molecule has 1 amide bonds. The van der Waals surface area contributed by atoms with Crippen LogP contribution < -0.4 is 15.6 Å². The normalized spacial score (nSPS) is 11.0. The van der Waals surface area contributed by atoms with Crippen LogP contribution >= 0.6 is 11.3 Å². The molecule has 31 heavy (non-hydrogen) atoms. The Kier molecular flexibility index (Phi) is 5.56. The molecule has 0 saturated carbocycles. The number of aryl methyl sites for hydroxylation is 3. The van der Waals surface area contributed by atoms with Crippen molar-refractivity contribution in [3.63, 3.8) is 0 Å². The fourth-order valence-electron chi connectivity index (χ4n) is 3.44. The summed E-state index contributed by atoms with van der Waals surface area (Å²) in [5.41, 5.74) is 4.35.